The van der Waals surface area contributed by atoms with Gasteiger partial charge in [0, 0.05) is 45.0 Å². The van der Waals surface area contributed by atoms with Crippen LogP contribution in [0.5, 0.6) is 17.2 Å². The normalized spacial score (nSPS) is 20.5. The Hall–Kier alpha value is -3.95. The Kier molecular flexibility index (Phi) is 14.3. The van der Waals surface area contributed by atoms with Crippen LogP contribution < -0.4 is 19.5 Å². The van der Waals surface area contributed by atoms with Crippen molar-refractivity contribution in [2.75, 3.05) is 45.9 Å². The van der Waals surface area contributed by atoms with E-state index in [-0.39, 0.29) is 48.2 Å². The summed E-state index contributed by atoms with van der Waals surface area (Å²) in [5, 5.41) is 26.3. The van der Waals surface area contributed by atoms with E-state index in [0.29, 0.717) is 68.1 Å². The molecular formula is C39H53N3O10S. The lowest BCUT2D eigenvalue weighted by Gasteiger charge is -2.33. The van der Waals surface area contributed by atoms with Crippen LogP contribution in [-0.2, 0) is 32.6 Å². The number of unbranched alkanes of at least 4 members (excludes halogenated alkanes) is 1. The van der Waals surface area contributed by atoms with Crippen molar-refractivity contribution in [2.24, 2.45) is 5.92 Å². The highest BCUT2D eigenvalue weighted by Gasteiger charge is 2.33. The third kappa shape index (κ3) is 11.5. The molecule has 13 nitrogen and oxygen atoms in total. The monoisotopic (exact) mass is 755 g/mol. The summed E-state index contributed by atoms with van der Waals surface area (Å²) in [5.74, 6) is 1.53. The molecule has 1 unspecified atom stereocenters. The first-order valence-corrected chi connectivity index (χ1v) is 19.8. The number of nitrogens with one attached hydrogen (secondary N) is 1. The van der Waals surface area contributed by atoms with Crippen LogP contribution in [-0.4, -0.2) is 75.2 Å². The minimum absolute atomic E-state index is 0.00148. The topological polar surface area (TPSA) is 159 Å². The minimum Gasteiger partial charge on any atom is -0.497 e. The molecule has 5 rings (SSSR count). The van der Waals surface area contributed by atoms with E-state index < -0.39 is 26.2 Å². The van der Waals surface area contributed by atoms with Gasteiger partial charge >= 0.3 is 0 Å². The zero-order chi connectivity index (χ0) is 37.8. The highest BCUT2D eigenvalue weighted by Crippen LogP contribution is 2.40. The van der Waals surface area contributed by atoms with Gasteiger partial charge in [0.1, 0.15) is 11.5 Å². The van der Waals surface area contributed by atoms with Crippen molar-refractivity contribution < 1.29 is 42.1 Å². The molecule has 1 aliphatic carbocycles. The number of hydrogen-bond donors (Lipinski definition) is 2. The number of benzene rings is 3. The zero-order valence-corrected chi connectivity index (χ0v) is 31.8. The molecule has 0 bridgehead atoms. The highest BCUT2D eigenvalue weighted by atomic mass is 32.2. The standard InChI is InChI=1S/C39H53N3O10S/c1-39(43)19-17-29(18-20-39)26-40-38-35(42(44)45)24-34(25-36(38)50-21-6-7-23-52-37-8-4-5-22-51-37)53(46,47)41(27-30-9-13-32(48-2)14-10-30)28-31-11-15-33(49-3)16-12-31/h9-16,24-25,29,37,40,43H,4-8,17-23,26-28H2,1-3H3. The van der Waals surface area contributed by atoms with Crippen molar-refractivity contribution in [1.82, 2.24) is 4.31 Å². The predicted octanol–water partition coefficient (Wildman–Crippen LogP) is 7.06. The van der Waals surface area contributed by atoms with Crippen LogP contribution in [0.4, 0.5) is 11.4 Å². The molecule has 0 aromatic heterocycles. The Balaban J connectivity index is 1.43. The maximum Gasteiger partial charge on any atom is 0.297 e. The van der Waals surface area contributed by atoms with Gasteiger partial charge in [-0.1, -0.05) is 24.3 Å². The fraction of sp³-hybridized carbons (Fsp3) is 0.538. The molecule has 2 fully saturated rings. The summed E-state index contributed by atoms with van der Waals surface area (Å²) in [7, 11) is -1.22. The van der Waals surface area contributed by atoms with Gasteiger partial charge in [0.05, 0.1) is 36.2 Å². The van der Waals surface area contributed by atoms with Crippen LogP contribution in [0, 0.1) is 16.0 Å². The second-order valence-electron chi connectivity index (χ2n) is 14.1. The lowest BCUT2D eigenvalue weighted by atomic mass is 9.80. The van der Waals surface area contributed by atoms with Gasteiger partial charge in [-0.15, -0.1) is 0 Å². The molecular weight excluding hydrogens is 703 g/mol. The van der Waals surface area contributed by atoms with Gasteiger partial charge in [-0.3, -0.25) is 10.1 Å². The second kappa shape index (κ2) is 18.9. The molecule has 3 aromatic rings. The summed E-state index contributed by atoms with van der Waals surface area (Å²) in [6.45, 7) is 3.60. The van der Waals surface area contributed by atoms with Gasteiger partial charge in [0.15, 0.2) is 17.7 Å². The number of ether oxygens (including phenoxy) is 5. The largest absolute Gasteiger partial charge is 0.497 e. The molecule has 14 heteroatoms. The fourth-order valence-corrected chi connectivity index (χ4v) is 8.05. The lowest BCUT2D eigenvalue weighted by molar-refractivity contribution is -0.384. The Morgan fingerprint density at radius 3 is 2.08 bits per heavy atom. The molecule has 0 spiro atoms. The fourth-order valence-electron chi connectivity index (χ4n) is 6.60. The number of rotatable bonds is 19. The van der Waals surface area contributed by atoms with Gasteiger partial charge < -0.3 is 34.1 Å². The number of nitrogens with zero attached hydrogens (tertiary/aromatic N) is 2. The molecule has 53 heavy (non-hydrogen) atoms. The van der Waals surface area contributed by atoms with Crippen molar-refractivity contribution in [1.29, 1.82) is 0 Å². The average Bonchev–Trinajstić information content (AvgIpc) is 3.16. The molecule has 1 saturated heterocycles. The summed E-state index contributed by atoms with van der Waals surface area (Å²) < 4.78 is 58.7. The first-order valence-electron chi connectivity index (χ1n) is 18.4. The molecule has 1 heterocycles. The van der Waals surface area contributed by atoms with Crippen molar-refractivity contribution in [2.45, 2.75) is 94.6 Å². The van der Waals surface area contributed by atoms with E-state index in [0.717, 1.165) is 38.2 Å². The van der Waals surface area contributed by atoms with Crippen LogP contribution in [0.25, 0.3) is 0 Å². The maximum absolute atomic E-state index is 14.6. The van der Waals surface area contributed by atoms with Crippen LogP contribution in [0.1, 0.15) is 75.8 Å². The first-order chi connectivity index (χ1) is 25.5. The van der Waals surface area contributed by atoms with Crippen molar-refractivity contribution in [3.8, 4) is 17.2 Å². The summed E-state index contributed by atoms with van der Waals surface area (Å²) >= 11 is 0. The number of methoxy groups -OCH3 is 2. The average molecular weight is 756 g/mol. The van der Waals surface area contributed by atoms with E-state index in [1.165, 1.54) is 10.4 Å². The molecule has 2 aliphatic rings. The molecule has 3 aromatic carbocycles. The van der Waals surface area contributed by atoms with Crippen LogP contribution >= 0.6 is 0 Å². The van der Waals surface area contributed by atoms with Gasteiger partial charge in [0.25, 0.3) is 5.69 Å². The van der Waals surface area contributed by atoms with Gasteiger partial charge in [-0.05, 0) is 106 Å². The minimum atomic E-state index is -4.33. The molecule has 1 saturated carbocycles. The summed E-state index contributed by atoms with van der Waals surface area (Å²) in [4.78, 5) is 11.8. The van der Waals surface area contributed by atoms with Gasteiger partial charge in [-0.2, -0.15) is 4.31 Å². The summed E-state index contributed by atoms with van der Waals surface area (Å²) in [6.07, 6.45) is 6.79. The number of nitro benzene ring substituents is 1. The smallest absolute Gasteiger partial charge is 0.297 e. The second-order valence-corrected chi connectivity index (χ2v) is 16.0. The quantitative estimate of drug-likeness (QED) is 0.0733. The first kappa shape index (κ1) is 40.2. The van der Waals surface area contributed by atoms with Gasteiger partial charge in [0.2, 0.25) is 10.0 Å². The van der Waals surface area contributed by atoms with E-state index >= 15 is 0 Å². The molecule has 2 N–H and O–H groups in total. The lowest BCUT2D eigenvalue weighted by Crippen LogP contribution is -2.32. The van der Waals surface area contributed by atoms with E-state index in [9.17, 15) is 23.6 Å². The molecule has 290 valence electrons. The highest BCUT2D eigenvalue weighted by molar-refractivity contribution is 7.89. The van der Waals surface area contributed by atoms with E-state index in [1.807, 2.05) is 6.92 Å². The summed E-state index contributed by atoms with van der Waals surface area (Å²) in [6, 6.07) is 16.7. The molecule has 0 amide bonds. The number of hydrogen-bond acceptors (Lipinski definition) is 11. The van der Waals surface area contributed by atoms with E-state index in [1.54, 1.807) is 62.8 Å². The third-order valence-corrected chi connectivity index (χ3v) is 11.7. The third-order valence-electron chi connectivity index (χ3n) is 9.91. The molecule has 1 atom stereocenters. The Morgan fingerprint density at radius 2 is 1.53 bits per heavy atom. The molecule has 1 aliphatic heterocycles. The van der Waals surface area contributed by atoms with Crippen LogP contribution in [0.3, 0.4) is 0 Å². The Bertz CT molecular complexity index is 1670. The van der Waals surface area contributed by atoms with Crippen LogP contribution in [0.2, 0.25) is 0 Å². The Labute approximate surface area is 312 Å². The van der Waals surface area contributed by atoms with Crippen molar-refractivity contribution in [3.63, 3.8) is 0 Å². The van der Waals surface area contributed by atoms with E-state index in [2.05, 4.69) is 5.32 Å². The number of nitro groups is 1. The zero-order valence-electron chi connectivity index (χ0n) is 31.0. The van der Waals surface area contributed by atoms with Crippen molar-refractivity contribution in [3.05, 3.63) is 81.9 Å². The SMILES string of the molecule is COc1ccc(CN(Cc2ccc(OC)cc2)S(=O)(=O)c2cc(OCCCCOC3CCCCO3)c(NCC3CCC(C)(O)CC3)c([N+](=O)[O-])c2)cc1. The van der Waals surface area contributed by atoms with E-state index in [4.69, 9.17) is 23.7 Å². The van der Waals surface area contributed by atoms with Crippen molar-refractivity contribution >= 4 is 21.4 Å². The number of anilines is 1. The number of aliphatic hydroxyl groups is 1. The summed E-state index contributed by atoms with van der Waals surface area (Å²) in [5.41, 5.74) is 0.438. The number of sulfonamides is 1. The predicted molar refractivity (Wildman–Crippen MR) is 201 cm³/mol. The molecule has 0 radical (unpaired) electrons. The van der Waals surface area contributed by atoms with Crippen LogP contribution in [0.15, 0.2) is 65.6 Å². The van der Waals surface area contributed by atoms with Gasteiger partial charge in [-0.25, -0.2) is 8.42 Å². The Morgan fingerprint density at radius 1 is 0.925 bits per heavy atom. The maximum atomic E-state index is 14.6.